The molecule has 0 spiro atoms. The van der Waals surface area contributed by atoms with Gasteiger partial charge in [-0.2, -0.15) is 0 Å². The highest BCUT2D eigenvalue weighted by atomic mass is 35.5. The van der Waals surface area contributed by atoms with E-state index in [1.165, 1.54) is 6.08 Å². The van der Waals surface area contributed by atoms with Crippen molar-refractivity contribution in [3.8, 4) is 0 Å². The molecule has 0 aromatic heterocycles. The van der Waals surface area contributed by atoms with Crippen molar-refractivity contribution in [2.75, 3.05) is 0 Å². The van der Waals surface area contributed by atoms with Crippen LogP contribution in [0.4, 0.5) is 0 Å². The zero-order valence-electron chi connectivity index (χ0n) is 6.01. The maximum Gasteiger partial charge on any atom is 0.350 e. The van der Waals surface area contributed by atoms with Crippen LogP contribution in [0.25, 0.3) is 0 Å². The van der Waals surface area contributed by atoms with E-state index in [1.807, 2.05) is 0 Å². The zero-order chi connectivity index (χ0) is 10.2. The average molecular weight is 263 g/mol. The van der Waals surface area contributed by atoms with Crippen molar-refractivity contribution in [1.29, 1.82) is 0 Å². The molecule has 1 aliphatic rings. The molecule has 0 bridgehead atoms. The molecular weight excluding hydrogens is 260 g/mol. The summed E-state index contributed by atoms with van der Waals surface area (Å²) in [5, 5.41) is 9.83. The van der Waals surface area contributed by atoms with Crippen molar-refractivity contribution in [3.63, 3.8) is 0 Å². The second-order valence-electron chi connectivity index (χ2n) is 2.38. The van der Waals surface area contributed by atoms with Gasteiger partial charge in [0, 0.05) is 11.1 Å². The minimum Gasteiger partial charge on any atom is -0.262 e. The molecule has 0 aromatic carbocycles. The van der Waals surface area contributed by atoms with Gasteiger partial charge in [0.2, 0.25) is 0 Å². The van der Waals surface area contributed by atoms with Crippen molar-refractivity contribution in [2.45, 2.75) is 10.4 Å². The molecule has 0 saturated heterocycles. The van der Waals surface area contributed by atoms with Crippen molar-refractivity contribution >= 4 is 46.4 Å². The predicted molar refractivity (Wildman–Crippen MR) is 53.1 cm³/mol. The van der Waals surface area contributed by atoms with E-state index in [1.54, 1.807) is 0 Å². The van der Waals surface area contributed by atoms with Crippen LogP contribution in [-0.2, 0) is 0 Å². The lowest BCUT2D eigenvalue weighted by atomic mass is 10.1. The number of nitro groups is 1. The minimum absolute atomic E-state index is 0.0952. The molecule has 0 saturated carbocycles. The lowest BCUT2D eigenvalue weighted by Crippen LogP contribution is -2.33. The molecular formula is C6H3Cl4NO2. The van der Waals surface area contributed by atoms with Gasteiger partial charge in [0.15, 0.2) is 0 Å². The first-order valence-corrected chi connectivity index (χ1v) is 4.68. The van der Waals surface area contributed by atoms with E-state index in [0.29, 0.717) is 0 Å². The molecule has 7 heteroatoms. The topological polar surface area (TPSA) is 43.1 Å². The zero-order valence-corrected chi connectivity index (χ0v) is 9.03. The van der Waals surface area contributed by atoms with E-state index in [9.17, 15) is 10.1 Å². The quantitative estimate of drug-likeness (QED) is 0.316. The summed E-state index contributed by atoms with van der Waals surface area (Å²) in [6, 6.07) is 0. The molecule has 0 amide bonds. The Hall–Kier alpha value is 0.0400. The normalized spacial score (nSPS) is 33.7. The van der Waals surface area contributed by atoms with Crippen molar-refractivity contribution in [1.82, 2.24) is 0 Å². The number of allylic oxidation sites excluding steroid dienone is 2. The number of alkyl halides is 2. The predicted octanol–water partition coefficient (Wildman–Crippen LogP) is 3.06. The highest BCUT2D eigenvalue weighted by Crippen LogP contribution is 2.38. The van der Waals surface area contributed by atoms with Crippen LogP contribution in [0.2, 0.25) is 0 Å². The number of hydrogen-bond donors (Lipinski definition) is 0. The summed E-state index contributed by atoms with van der Waals surface area (Å²) in [4.78, 5) is 7.83. The summed E-state index contributed by atoms with van der Waals surface area (Å²) in [5.41, 5.74) is 0. The Labute approximate surface area is 94.0 Å². The highest BCUT2D eigenvalue weighted by Gasteiger charge is 2.45. The molecule has 13 heavy (non-hydrogen) atoms. The smallest absolute Gasteiger partial charge is 0.262 e. The number of nitrogens with zero attached hydrogens (tertiary/aromatic N) is 1. The average Bonchev–Trinajstić information content (AvgIpc) is 2.01. The molecule has 1 aliphatic carbocycles. The van der Waals surface area contributed by atoms with Crippen LogP contribution >= 0.6 is 46.4 Å². The lowest BCUT2D eigenvalue weighted by molar-refractivity contribution is -0.515. The van der Waals surface area contributed by atoms with E-state index >= 15 is 0 Å². The van der Waals surface area contributed by atoms with Crippen LogP contribution in [-0.4, -0.2) is 15.3 Å². The Morgan fingerprint density at radius 1 is 1.54 bits per heavy atom. The van der Waals surface area contributed by atoms with E-state index < -0.39 is 15.3 Å². The molecule has 0 aliphatic heterocycles. The van der Waals surface area contributed by atoms with Gasteiger partial charge in [0.05, 0.1) is 10.3 Å². The molecule has 0 heterocycles. The fourth-order valence-electron chi connectivity index (χ4n) is 0.796. The van der Waals surface area contributed by atoms with Gasteiger partial charge in [-0.3, -0.25) is 10.1 Å². The first-order chi connectivity index (χ1) is 5.88. The van der Waals surface area contributed by atoms with Crippen LogP contribution in [0.3, 0.4) is 0 Å². The third-order valence-corrected chi connectivity index (χ3v) is 3.26. The number of halogens is 4. The maximum absolute atomic E-state index is 10.5. The first-order valence-electron chi connectivity index (χ1n) is 3.11. The fourth-order valence-corrected chi connectivity index (χ4v) is 1.76. The standard InChI is InChI=1S/C6H3Cl4NO2/c7-3-1-5(9)6(10,11(12)13)2-4(3)8/h1-3H. The summed E-state index contributed by atoms with van der Waals surface area (Å²) in [6.07, 6.45) is 2.26. The summed E-state index contributed by atoms with van der Waals surface area (Å²) < 4.78 is 0. The van der Waals surface area contributed by atoms with E-state index in [4.69, 9.17) is 46.4 Å². The van der Waals surface area contributed by atoms with E-state index in [0.717, 1.165) is 6.08 Å². The summed E-state index contributed by atoms with van der Waals surface area (Å²) in [7, 11) is 0. The first kappa shape index (κ1) is 11.1. The van der Waals surface area contributed by atoms with Gasteiger partial charge in [0.25, 0.3) is 0 Å². The van der Waals surface area contributed by atoms with Gasteiger partial charge in [0.1, 0.15) is 5.03 Å². The van der Waals surface area contributed by atoms with Gasteiger partial charge in [-0.15, -0.1) is 11.6 Å². The molecule has 3 nitrogen and oxygen atoms in total. The van der Waals surface area contributed by atoms with Gasteiger partial charge in [-0.1, -0.05) is 23.2 Å². The van der Waals surface area contributed by atoms with Crippen molar-refractivity contribution < 1.29 is 4.92 Å². The van der Waals surface area contributed by atoms with Crippen molar-refractivity contribution in [3.05, 3.63) is 32.3 Å². The number of hydrogen-bond acceptors (Lipinski definition) is 2. The molecule has 1 rings (SSSR count). The van der Waals surface area contributed by atoms with Crippen LogP contribution in [0.15, 0.2) is 22.2 Å². The largest absolute Gasteiger partial charge is 0.350 e. The molecule has 0 radical (unpaired) electrons. The molecule has 2 atom stereocenters. The van der Waals surface area contributed by atoms with Crippen LogP contribution in [0.5, 0.6) is 0 Å². The Balaban J connectivity index is 3.15. The van der Waals surface area contributed by atoms with Crippen LogP contribution < -0.4 is 0 Å². The van der Waals surface area contributed by atoms with Crippen LogP contribution in [0, 0.1) is 10.1 Å². The SMILES string of the molecule is O=[N+]([O-])C1(Cl)C=C(Cl)C(Cl)C=C1Cl. The summed E-state index contributed by atoms with van der Waals surface area (Å²) in [5.74, 6) is 0. The lowest BCUT2D eigenvalue weighted by Gasteiger charge is -2.19. The third-order valence-electron chi connectivity index (χ3n) is 1.49. The molecule has 0 aromatic rings. The molecule has 2 unspecified atom stereocenters. The second-order valence-corrected chi connectivity index (χ2v) is 4.27. The second kappa shape index (κ2) is 3.65. The molecule has 0 fully saturated rings. The Morgan fingerprint density at radius 3 is 2.54 bits per heavy atom. The Morgan fingerprint density at radius 2 is 2.08 bits per heavy atom. The summed E-state index contributed by atoms with van der Waals surface area (Å²) in [6.45, 7) is 0. The van der Waals surface area contributed by atoms with Gasteiger partial charge < -0.3 is 0 Å². The highest BCUT2D eigenvalue weighted by molar-refractivity contribution is 6.44. The Kier molecular flexibility index (Phi) is 3.12. The van der Waals surface area contributed by atoms with Gasteiger partial charge in [-0.05, 0) is 17.7 Å². The molecule has 72 valence electrons. The summed E-state index contributed by atoms with van der Waals surface area (Å²) >= 11 is 22.4. The van der Waals surface area contributed by atoms with Crippen LogP contribution in [0.1, 0.15) is 0 Å². The van der Waals surface area contributed by atoms with Crippen molar-refractivity contribution in [2.24, 2.45) is 0 Å². The maximum atomic E-state index is 10.5. The molecule has 0 N–H and O–H groups in total. The van der Waals surface area contributed by atoms with E-state index in [2.05, 4.69) is 0 Å². The van der Waals surface area contributed by atoms with E-state index in [-0.39, 0.29) is 10.1 Å². The monoisotopic (exact) mass is 261 g/mol. The van der Waals surface area contributed by atoms with Gasteiger partial charge >= 0.3 is 5.00 Å². The fraction of sp³-hybridized carbons (Fsp3) is 0.333. The van der Waals surface area contributed by atoms with Gasteiger partial charge in [-0.25, -0.2) is 0 Å². The Bertz CT molecular complexity index is 314. The minimum atomic E-state index is -1.97. The third kappa shape index (κ3) is 1.94. The number of rotatable bonds is 1.